The van der Waals surface area contributed by atoms with Crippen LogP contribution in [-0.2, 0) is 38.7 Å². The SMILES string of the molecule is CCCc1ccccc1NC(=O)/C(C#N)=C/c1cn(CC(=O)O)c2ccccc12.N#C/C(=C\c1cn(CC(=O)O)c2ccccc12)C(=O)Nc1cccc(Oc2ccccc2)c1. The van der Waals surface area contributed by atoms with Gasteiger partial charge in [-0.2, -0.15) is 10.5 Å². The standard InChI is InChI=1S/C26H19N3O4.C23H21N3O3/c27-15-18(13-19-16-29(17-25(30)31)24-12-5-4-11-23(19)24)26(32)28-20-7-6-10-22(14-20)33-21-8-2-1-3-9-21;1-2-7-16-8-3-5-10-20(16)25-23(29)17(13-24)12-18-14-26(15-22(27)28)21-11-6-4-9-19(18)21/h1-14,16H,17H2,(H,28,32)(H,30,31);3-6,8-12,14H,2,7,15H2,1H3,(H,25,29)(H,27,28)/b18-13+;17-12+. The molecule has 2 amide bonds. The number of rotatable bonds is 14. The number of hydrogen-bond acceptors (Lipinski definition) is 7. The lowest BCUT2D eigenvalue weighted by Gasteiger charge is -2.09. The van der Waals surface area contributed by atoms with Crippen molar-refractivity contribution in [2.45, 2.75) is 32.9 Å². The van der Waals surface area contributed by atoms with Crippen LogP contribution in [0.3, 0.4) is 0 Å². The zero-order chi connectivity index (χ0) is 44.0. The summed E-state index contributed by atoms with van der Waals surface area (Å²) in [5, 5.41) is 44.5. The van der Waals surface area contributed by atoms with Gasteiger partial charge in [0.25, 0.3) is 11.8 Å². The smallest absolute Gasteiger partial charge is 0.323 e. The number of hydrogen-bond donors (Lipinski definition) is 4. The molecule has 0 aliphatic carbocycles. The van der Waals surface area contributed by atoms with E-state index in [-0.39, 0.29) is 24.2 Å². The third-order valence-corrected chi connectivity index (χ3v) is 9.44. The zero-order valence-electron chi connectivity index (χ0n) is 33.5. The molecule has 13 heteroatoms. The summed E-state index contributed by atoms with van der Waals surface area (Å²) >= 11 is 0. The third kappa shape index (κ3) is 10.9. The van der Waals surface area contributed by atoms with E-state index in [0.717, 1.165) is 34.7 Å². The summed E-state index contributed by atoms with van der Waals surface area (Å²) in [7, 11) is 0. The summed E-state index contributed by atoms with van der Waals surface area (Å²) in [5.41, 5.74) is 4.66. The molecule has 4 N–H and O–H groups in total. The predicted octanol–water partition coefficient (Wildman–Crippen LogP) is 9.29. The predicted molar refractivity (Wildman–Crippen MR) is 237 cm³/mol. The number of aryl methyl sites for hydroxylation is 1. The van der Waals surface area contributed by atoms with Crippen molar-refractivity contribution in [1.29, 1.82) is 10.5 Å². The molecule has 5 aromatic carbocycles. The number of nitrogens with one attached hydrogen (secondary N) is 2. The van der Waals surface area contributed by atoms with Crippen molar-refractivity contribution in [1.82, 2.24) is 9.13 Å². The summed E-state index contributed by atoms with van der Waals surface area (Å²) in [4.78, 5) is 47.9. The van der Waals surface area contributed by atoms with Crippen LogP contribution in [0.5, 0.6) is 11.5 Å². The fourth-order valence-electron chi connectivity index (χ4n) is 6.72. The van der Waals surface area contributed by atoms with Crippen molar-refractivity contribution in [3.05, 3.63) is 168 Å². The third-order valence-electron chi connectivity index (χ3n) is 9.44. The Morgan fingerprint density at radius 3 is 1.68 bits per heavy atom. The Kier molecular flexibility index (Phi) is 14.1. The monoisotopic (exact) mass is 824 g/mol. The van der Waals surface area contributed by atoms with Gasteiger partial charge in [0.1, 0.15) is 47.9 Å². The molecule has 2 aromatic heterocycles. The number of aromatic nitrogens is 2. The summed E-state index contributed by atoms with van der Waals surface area (Å²) in [6.07, 6.45) is 7.99. The molecule has 13 nitrogen and oxygen atoms in total. The Balaban J connectivity index is 0.000000209. The van der Waals surface area contributed by atoms with Crippen molar-refractivity contribution in [2.24, 2.45) is 0 Å². The maximum absolute atomic E-state index is 12.8. The lowest BCUT2D eigenvalue weighted by atomic mass is 10.1. The molecule has 0 saturated heterocycles. The molecule has 7 aromatic rings. The van der Waals surface area contributed by atoms with Crippen LogP contribution in [0, 0.1) is 22.7 Å². The maximum Gasteiger partial charge on any atom is 0.323 e. The number of amides is 2. The van der Waals surface area contributed by atoms with Crippen LogP contribution in [0.15, 0.2) is 151 Å². The van der Waals surface area contributed by atoms with Crippen LogP contribution in [0.2, 0.25) is 0 Å². The average Bonchev–Trinajstić information content (AvgIpc) is 3.79. The normalized spacial score (nSPS) is 11.1. The minimum atomic E-state index is -0.984. The number of carboxylic acids is 2. The second kappa shape index (κ2) is 20.3. The van der Waals surface area contributed by atoms with Crippen LogP contribution in [-0.4, -0.2) is 43.1 Å². The average molecular weight is 825 g/mol. The number of aliphatic carboxylic acids is 2. The Bertz CT molecular complexity index is 2930. The number of carbonyl (C=O) groups is 4. The van der Waals surface area contributed by atoms with Crippen LogP contribution in [0.4, 0.5) is 11.4 Å². The highest BCUT2D eigenvalue weighted by molar-refractivity contribution is 6.12. The number of para-hydroxylation sites is 4. The van der Waals surface area contributed by atoms with Crippen molar-refractivity contribution >= 4 is 69.1 Å². The van der Waals surface area contributed by atoms with Crippen molar-refractivity contribution in [2.75, 3.05) is 10.6 Å². The van der Waals surface area contributed by atoms with E-state index in [9.17, 15) is 29.7 Å². The molecule has 2 heterocycles. The van der Waals surface area contributed by atoms with Gasteiger partial charge < -0.3 is 34.7 Å². The number of ether oxygens (including phenoxy) is 1. The van der Waals surface area contributed by atoms with E-state index in [1.807, 2.05) is 103 Å². The number of anilines is 2. The first kappa shape index (κ1) is 42.9. The van der Waals surface area contributed by atoms with Gasteiger partial charge in [-0.3, -0.25) is 19.2 Å². The van der Waals surface area contributed by atoms with Gasteiger partial charge >= 0.3 is 11.9 Å². The maximum atomic E-state index is 12.8. The minimum Gasteiger partial charge on any atom is -0.480 e. The lowest BCUT2D eigenvalue weighted by molar-refractivity contribution is -0.138. The summed E-state index contributed by atoms with van der Waals surface area (Å²) in [6.45, 7) is 1.63. The topological polar surface area (TPSA) is 199 Å². The second-order valence-electron chi connectivity index (χ2n) is 13.8. The Morgan fingerprint density at radius 1 is 0.629 bits per heavy atom. The molecule has 0 spiro atoms. The second-order valence-corrected chi connectivity index (χ2v) is 13.8. The van der Waals surface area contributed by atoms with E-state index >= 15 is 0 Å². The molecule has 308 valence electrons. The molecular weight excluding hydrogens is 785 g/mol. The molecule has 62 heavy (non-hydrogen) atoms. The van der Waals surface area contributed by atoms with Gasteiger partial charge in [0.2, 0.25) is 0 Å². The van der Waals surface area contributed by atoms with Gasteiger partial charge in [0.15, 0.2) is 0 Å². The molecule has 0 fully saturated rings. The number of nitriles is 2. The van der Waals surface area contributed by atoms with Gasteiger partial charge in [-0.05, 0) is 66.6 Å². The van der Waals surface area contributed by atoms with E-state index < -0.39 is 23.8 Å². The minimum absolute atomic E-state index is 0.0467. The summed E-state index contributed by atoms with van der Waals surface area (Å²) in [5.74, 6) is -1.82. The van der Waals surface area contributed by atoms with Crippen LogP contribution in [0.25, 0.3) is 34.0 Å². The Morgan fingerprint density at radius 2 is 1.13 bits per heavy atom. The number of carboxylic acid groups (broad SMARTS) is 2. The van der Waals surface area contributed by atoms with Gasteiger partial charge in [-0.25, -0.2) is 0 Å². The molecule has 0 saturated carbocycles. The first-order valence-electron chi connectivity index (χ1n) is 19.4. The highest BCUT2D eigenvalue weighted by atomic mass is 16.5. The Hall–Kier alpha value is -8.68. The molecule has 0 aliphatic heterocycles. The molecule has 7 rings (SSSR count). The summed E-state index contributed by atoms with van der Waals surface area (Å²) < 4.78 is 8.94. The summed E-state index contributed by atoms with van der Waals surface area (Å²) in [6, 6.07) is 42.0. The van der Waals surface area contributed by atoms with Crippen molar-refractivity contribution in [3.8, 4) is 23.6 Å². The lowest BCUT2D eigenvalue weighted by Crippen LogP contribution is -2.14. The van der Waals surface area contributed by atoms with E-state index in [4.69, 9.17) is 14.9 Å². The number of nitrogens with zero attached hydrogens (tertiary/aromatic N) is 4. The van der Waals surface area contributed by atoms with Crippen LogP contribution < -0.4 is 15.4 Å². The molecule has 0 bridgehead atoms. The Labute approximate surface area is 356 Å². The van der Waals surface area contributed by atoms with Crippen LogP contribution in [0.1, 0.15) is 30.0 Å². The van der Waals surface area contributed by atoms with Crippen LogP contribution >= 0.6 is 0 Å². The van der Waals surface area contributed by atoms with Crippen molar-refractivity contribution < 1.29 is 34.1 Å². The molecule has 0 aliphatic rings. The van der Waals surface area contributed by atoms with E-state index in [1.165, 1.54) is 12.2 Å². The molecule has 0 atom stereocenters. The first-order valence-corrected chi connectivity index (χ1v) is 19.4. The highest BCUT2D eigenvalue weighted by Crippen LogP contribution is 2.27. The van der Waals surface area contributed by atoms with Gasteiger partial charge in [-0.1, -0.05) is 92.2 Å². The first-order chi connectivity index (χ1) is 30.1. The number of benzene rings is 5. The molecule has 0 radical (unpaired) electrons. The van der Waals surface area contributed by atoms with Gasteiger partial charge in [0, 0.05) is 62.8 Å². The van der Waals surface area contributed by atoms with Gasteiger partial charge in [0.05, 0.1) is 0 Å². The fourth-order valence-corrected chi connectivity index (χ4v) is 6.72. The van der Waals surface area contributed by atoms with Crippen molar-refractivity contribution in [3.63, 3.8) is 0 Å². The van der Waals surface area contributed by atoms with E-state index in [0.29, 0.717) is 39.5 Å². The molecular formula is C49H40N6O7. The van der Waals surface area contributed by atoms with E-state index in [1.54, 1.807) is 57.9 Å². The van der Waals surface area contributed by atoms with Gasteiger partial charge in [-0.15, -0.1) is 0 Å². The zero-order valence-corrected chi connectivity index (χ0v) is 33.5. The quantitative estimate of drug-likeness (QED) is 0.0609. The number of carbonyl (C=O) groups excluding carboxylic acids is 2. The molecule has 0 unspecified atom stereocenters. The van der Waals surface area contributed by atoms with E-state index in [2.05, 4.69) is 17.6 Å². The highest BCUT2D eigenvalue weighted by Gasteiger charge is 2.16. The largest absolute Gasteiger partial charge is 0.480 e. The number of fused-ring (bicyclic) bond motifs is 2. The fraction of sp³-hybridized carbons (Fsp3) is 0.102.